The van der Waals surface area contributed by atoms with E-state index in [-0.39, 0.29) is 11.9 Å². The number of unbranched alkanes of at least 4 members (excludes halogenated alkanes) is 1. The maximum absolute atomic E-state index is 12.0. The molecule has 1 unspecified atom stereocenters. The van der Waals surface area contributed by atoms with Crippen LogP contribution >= 0.6 is 11.3 Å². The van der Waals surface area contributed by atoms with Crippen LogP contribution < -0.4 is 5.32 Å². The summed E-state index contributed by atoms with van der Waals surface area (Å²) < 4.78 is 0. The van der Waals surface area contributed by atoms with Gasteiger partial charge in [-0.05, 0) is 46.4 Å². The zero-order valence-electron chi connectivity index (χ0n) is 14.3. The van der Waals surface area contributed by atoms with Crippen LogP contribution in [-0.4, -0.2) is 23.9 Å². The van der Waals surface area contributed by atoms with Crippen LogP contribution in [0.5, 0.6) is 0 Å². The monoisotopic (exact) mass is 342 g/mol. The molecule has 0 aliphatic carbocycles. The maximum atomic E-state index is 12.0. The molecule has 4 heteroatoms. The van der Waals surface area contributed by atoms with Crippen LogP contribution in [-0.2, 0) is 17.8 Å². The van der Waals surface area contributed by atoms with E-state index >= 15 is 0 Å². The predicted octanol–water partition coefficient (Wildman–Crippen LogP) is 4.15. The summed E-state index contributed by atoms with van der Waals surface area (Å²) in [6, 6.07) is 11.2. The molecular weight excluding hydrogens is 316 g/mol. The first-order valence-electron chi connectivity index (χ1n) is 8.87. The van der Waals surface area contributed by atoms with Gasteiger partial charge in [-0.2, -0.15) is 11.3 Å². The number of rotatable bonds is 7. The van der Waals surface area contributed by atoms with Gasteiger partial charge in [-0.25, -0.2) is 0 Å². The average Bonchev–Trinajstić information content (AvgIpc) is 3.14. The topological polar surface area (TPSA) is 32.3 Å². The first-order chi connectivity index (χ1) is 11.8. The Balaban J connectivity index is 1.68. The number of hydrogen-bond donors (Lipinski definition) is 1. The minimum Gasteiger partial charge on any atom is -0.354 e. The molecule has 0 bridgehead atoms. The van der Waals surface area contributed by atoms with Crippen molar-refractivity contribution >= 4 is 17.2 Å². The van der Waals surface area contributed by atoms with Gasteiger partial charge in [-0.15, -0.1) is 0 Å². The van der Waals surface area contributed by atoms with Gasteiger partial charge in [0.2, 0.25) is 5.91 Å². The molecule has 1 aromatic carbocycles. The van der Waals surface area contributed by atoms with E-state index in [2.05, 4.69) is 58.2 Å². The molecule has 1 amide bonds. The van der Waals surface area contributed by atoms with Crippen molar-refractivity contribution in [2.75, 3.05) is 13.1 Å². The van der Waals surface area contributed by atoms with Gasteiger partial charge < -0.3 is 5.32 Å². The summed E-state index contributed by atoms with van der Waals surface area (Å²) >= 11 is 1.73. The van der Waals surface area contributed by atoms with E-state index in [4.69, 9.17) is 0 Å². The molecule has 1 N–H and O–H groups in total. The Hall–Kier alpha value is -1.65. The summed E-state index contributed by atoms with van der Waals surface area (Å²) in [7, 11) is 0. The van der Waals surface area contributed by atoms with Crippen molar-refractivity contribution in [2.24, 2.45) is 0 Å². The third-order valence-corrected chi connectivity index (χ3v) is 5.48. The standard InChI is InChI=1S/C20H26N2OS/c1-2-3-8-20(23)21-13-19(18-10-12-24-15-18)22-11-9-16-6-4-5-7-17(16)14-22/h4-7,10,12,15,19H,2-3,8-9,11,13-14H2,1H3,(H,21,23). The van der Waals surface area contributed by atoms with Gasteiger partial charge in [0, 0.05) is 26.1 Å². The molecule has 0 saturated heterocycles. The molecule has 1 aliphatic heterocycles. The van der Waals surface area contributed by atoms with Crippen LogP contribution in [0.4, 0.5) is 0 Å². The number of thiophene rings is 1. The lowest BCUT2D eigenvalue weighted by atomic mass is 9.97. The fraction of sp³-hybridized carbons (Fsp3) is 0.450. The molecule has 1 atom stereocenters. The van der Waals surface area contributed by atoms with Crippen LogP contribution in [0.3, 0.4) is 0 Å². The van der Waals surface area contributed by atoms with E-state index in [0.29, 0.717) is 13.0 Å². The zero-order valence-corrected chi connectivity index (χ0v) is 15.1. The number of hydrogen-bond acceptors (Lipinski definition) is 3. The van der Waals surface area contributed by atoms with Crippen molar-refractivity contribution in [1.29, 1.82) is 0 Å². The molecule has 2 heterocycles. The van der Waals surface area contributed by atoms with E-state index in [9.17, 15) is 4.79 Å². The van der Waals surface area contributed by atoms with Crippen molar-refractivity contribution in [2.45, 2.75) is 45.2 Å². The molecular formula is C20H26N2OS. The fourth-order valence-electron chi connectivity index (χ4n) is 3.34. The number of amides is 1. The highest BCUT2D eigenvalue weighted by Crippen LogP contribution is 2.28. The van der Waals surface area contributed by atoms with Crippen LogP contribution in [0, 0.1) is 0 Å². The average molecular weight is 343 g/mol. The highest BCUT2D eigenvalue weighted by Gasteiger charge is 2.25. The summed E-state index contributed by atoms with van der Waals surface area (Å²) in [4.78, 5) is 14.5. The Morgan fingerprint density at radius 2 is 2.12 bits per heavy atom. The van der Waals surface area contributed by atoms with Crippen LogP contribution in [0.25, 0.3) is 0 Å². The third kappa shape index (κ3) is 4.25. The third-order valence-electron chi connectivity index (χ3n) is 4.78. The lowest BCUT2D eigenvalue weighted by molar-refractivity contribution is -0.121. The van der Waals surface area contributed by atoms with E-state index in [1.54, 1.807) is 11.3 Å². The van der Waals surface area contributed by atoms with Crippen molar-refractivity contribution in [3.05, 3.63) is 57.8 Å². The van der Waals surface area contributed by atoms with E-state index in [1.807, 2.05) is 0 Å². The minimum absolute atomic E-state index is 0.175. The smallest absolute Gasteiger partial charge is 0.220 e. The number of carbonyl (C=O) groups excluding carboxylic acids is 1. The minimum atomic E-state index is 0.175. The second-order valence-electron chi connectivity index (χ2n) is 6.47. The van der Waals surface area contributed by atoms with Gasteiger partial charge in [0.25, 0.3) is 0 Å². The van der Waals surface area contributed by atoms with Gasteiger partial charge in [-0.3, -0.25) is 9.69 Å². The molecule has 1 aromatic heterocycles. The molecule has 0 spiro atoms. The van der Waals surface area contributed by atoms with Crippen molar-refractivity contribution in [3.8, 4) is 0 Å². The lowest BCUT2D eigenvalue weighted by Gasteiger charge is -2.35. The highest BCUT2D eigenvalue weighted by molar-refractivity contribution is 7.07. The molecule has 0 radical (unpaired) electrons. The Bertz CT molecular complexity index is 653. The van der Waals surface area contributed by atoms with E-state index < -0.39 is 0 Å². The van der Waals surface area contributed by atoms with Crippen molar-refractivity contribution in [3.63, 3.8) is 0 Å². The normalized spacial score (nSPS) is 15.7. The lowest BCUT2D eigenvalue weighted by Crippen LogP contribution is -2.40. The number of fused-ring (bicyclic) bond motifs is 1. The summed E-state index contributed by atoms with van der Waals surface area (Å²) in [6.07, 6.45) is 3.74. The second kappa shape index (κ2) is 8.45. The first kappa shape index (κ1) is 17.2. The molecule has 0 saturated carbocycles. The predicted molar refractivity (Wildman–Crippen MR) is 100 cm³/mol. The molecule has 1 aliphatic rings. The Morgan fingerprint density at radius 3 is 2.88 bits per heavy atom. The zero-order chi connectivity index (χ0) is 16.8. The summed E-state index contributed by atoms with van der Waals surface area (Å²) in [5.41, 5.74) is 4.20. The van der Waals surface area contributed by atoms with Crippen molar-refractivity contribution in [1.82, 2.24) is 10.2 Å². The van der Waals surface area contributed by atoms with Gasteiger partial charge >= 0.3 is 0 Å². The maximum Gasteiger partial charge on any atom is 0.220 e. The van der Waals surface area contributed by atoms with Gasteiger partial charge in [0.05, 0.1) is 6.04 Å². The van der Waals surface area contributed by atoms with Gasteiger partial charge in [0.1, 0.15) is 0 Å². The molecule has 2 aromatic rings. The molecule has 3 rings (SSSR count). The van der Waals surface area contributed by atoms with Gasteiger partial charge in [0.15, 0.2) is 0 Å². The fourth-order valence-corrected chi connectivity index (χ4v) is 4.05. The van der Waals surface area contributed by atoms with E-state index in [0.717, 1.165) is 32.4 Å². The van der Waals surface area contributed by atoms with Crippen LogP contribution in [0.15, 0.2) is 41.1 Å². The second-order valence-corrected chi connectivity index (χ2v) is 7.25. The Labute approximate surface area is 148 Å². The highest BCUT2D eigenvalue weighted by atomic mass is 32.1. The molecule has 24 heavy (non-hydrogen) atoms. The van der Waals surface area contributed by atoms with Crippen LogP contribution in [0.1, 0.15) is 48.9 Å². The largest absolute Gasteiger partial charge is 0.354 e. The molecule has 3 nitrogen and oxygen atoms in total. The number of nitrogens with one attached hydrogen (secondary N) is 1. The quantitative estimate of drug-likeness (QED) is 0.820. The Kier molecular flexibility index (Phi) is 6.05. The molecule has 128 valence electrons. The summed E-state index contributed by atoms with van der Waals surface area (Å²) in [5, 5.41) is 7.49. The van der Waals surface area contributed by atoms with E-state index in [1.165, 1.54) is 16.7 Å². The SMILES string of the molecule is CCCCC(=O)NCC(c1ccsc1)N1CCc2ccccc2C1. The number of benzene rings is 1. The van der Waals surface area contributed by atoms with Gasteiger partial charge in [-0.1, -0.05) is 37.6 Å². The molecule has 0 fully saturated rings. The van der Waals surface area contributed by atoms with Crippen LogP contribution in [0.2, 0.25) is 0 Å². The Morgan fingerprint density at radius 1 is 1.29 bits per heavy atom. The first-order valence-corrected chi connectivity index (χ1v) is 9.82. The summed E-state index contributed by atoms with van der Waals surface area (Å²) in [5.74, 6) is 0.175. The number of nitrogens with zero attached hydrogens (tertiary/aromatic N) is 1. The summed E-state index contributed by atoms with van der Waals surface area (Å²) in [6.45, 7) is 4.82. The van der Waals surface area contributed by atoms with Crippen molar-refractivity contribution < 1.29 is 4.79 Å². The number of carbonyl (C=O) groups is 1.